The third-order valence-electron chi connectivity index (χ3n) is 2.34. The highest BCUT2D eigenvalue weighted by molar-refractivity contribution is 5.46. The van der Waals surface area contributed by atoms with Crippen molar-refractivity contribution in [3.8, 4) is 0 Å². The highest BCUT2D eigenvalue weighted by Gasteiger charge is 1.97. The standard InChI is InChI=1S/C13H24N4O/c1-3-6-14-12-10-13(17-11-16-12)15-7-5-9-18-8-4-2/h10-11H,3-9H2,1-2H3,(H2,14,15,16,17). The molecule has 1 aromatic rings. The minimum absolute atomic E-state index is 0.798. The van der Waals surface area contributed by atoms with E-state index in [9.17, 15) is 0 Å². The van der Waals surface area contributed by atoms with Crippen molar-refractivity contribution < 1.29 is 4.74 Å². The lowest BCUT2D eigenvalue weighted by molar-refractivity contribution is 0.134. The zero-order chi connectivity index (χ0) is 13.1. The van der Waals surface area contributed by atoms with Gasteiger partial charge in [-0.25, -0.2) is 9.97 Å². The maximum Gasteiger partial charge on any atom is 0.131 e. The van der Waals surface area contributed by atoms with Gasteiger partial charge in [-0.05, 0) is 19.3 Å². The molecule has 1 rings (SSSR count). The molecule has 0 atom stereocenters. The minimum atomic E-state index is 0.798. The molecule has 0 aliphatic heterocycles. The van der Waals surface area contributed by atoms with E-state index < -0.39 is 0 Å². The third kappa shape index (κ3) is 6.39. The summed E-state index contributed by atoms with van der Waals surface area (Å²) < 4.78 is 5.41. The average Bonchev–Trinajstić information content (AvgIpc) is 2.41. The molecule has 0 bridgehead atoms. The van der Waals surface area contributed by atoms with Gasteiger partial charge >= 0.3 is 0 Å². The summed E-state index contributed by atoms with van der Waals surface area (Å²) in [6.45, 7) is 7.69. The number of hydrogen-bond acceptors (Lipinski definition) is 5. The summed E-state index contributed by atoms with van der Waals surface area (Å²) in [5.41, 5.74) is 0. The van der Waals surface area contributed by atoms with Gasteiger partial charge in [0.25, 0.3) is 0 Å². The molecule has 0 unspecified atom stereocenters. The molecule has 0 aromatic carbocycles. The van der Waals surface area contributed by atoms with E-state index in [-0.39, 0.29) is 0 Å². The molecule has 1 aromatic heterocycles. The Morgan fingerprint density at radius 3 is 2.39 bits per heavy atom. The summed E-state index contributed by atoms with van der Waals surface area (Å²) in [6, 6.07) is 1.93. The SMILES string of the molecule is CCCNc1cc(NCCCOCCC)ncn1. The zero-order valence-corrected chi connectivity index (χ0v) is 11.4. The fraction of sp³-hybridized carbons (Fsp3) is 0.692. The number of anilines is 2. The molecule has 18 heavy (non-hydrogen) atoms. The van der Waals surface area contributed by atoms with Crippen LogP contribution in [0, 0.1) is 0 Å². The van der Waals surface area contributed by atoms with Gasteiger partial charge in [0.15, 0.2) is 0 Å². The van der Waals surface area contributed by atoms with Crippen LogP contribution >= 0.6 is 0 Å². The number of nitrogens with one attached hydrogen (secondary N) is 2. The topological polar surface area (TPSA) is 59.1 Å². The molecule has 0 radical (unpaired) electrons. The van der Waals surface area contributed by atoms with Gasteiger partial charge in [-0.2, -0.15) is 0 Å². The van der Waals surface area contributed by atoms with Crippen LogP contribution in [0.3, 0.4) is 0 Å². The molecule has 0 saturated heterocycles. The van der Waals surface area contributed by atoms with Gasteiger partial charge in [-0.1, -0.05) is 13.8 Å². The van der Waals surface area contributed by atoms with E-state index in [0.29, 0.717) is 0 Å². The maximum atomic E-state index is 5.41. The smallest absolute Gasteiger partial charge is 0.131 e. The van der Waals surface area contributed by atoms with Gasteiger partial charge in [-0.3, -0.25) is 0 Å². The van der Waals surface area contributed by atoms with Crippen LogP contribution in [0.4, 0.5) is 11.6 Å². The van der Waals surface area contributed by atoms with Crippen LogP contribution < -0.4 is 10.6 Å². The molecular formula is C13H24N4O. The van der Waals surface area contributed by atoms with Crippen LogP contribution in [0.25, 0.3) is 0 Å². The van der Waals surface area contributed by atoms with Crippen LogP contribution in [0.15, 0.2) is 12.4 Å². The first-order valence-electron chi connectivity index (χ1n) is 6.74. The molecule has 0 spiro atoms. The molecule has 2 N–H and O–H groups in total. The van der Waals surface area contributed by atoms with Crippen molar-refractivity contribution in [2.75, 3.05) is 36.9 Å². The Bertz CT molecular complexity index is 320. The van der Waals surface area contributed by atoms with Crippen molar-refractivity contribution in [1.82, 2.24) is 9.97 Å². The summed E-state index contributed by atoms with van der Waals surface area (Å²) in [5, 5.41) is 6.50. The Balaban J connectivity index is 2.20. The lowest BCUT2D eigenvalue weighted by atomic mass is 10.4. The number of aromatic nitrogens is 2. The Labute approximate surface area is 109 Å². The summed E-state index contributed by atoms with van der Waals surface area (Å²) >= 11 is 0. The largest absolute Gasteiger partial charge is 0.381 e. The van der Waals surface area contributed by atoms with E-state index in [1.54, 1.807) is 6.33 Å². The Morgan fingerprint density at radius 2 is 1.72 bits per heavy atom. The number of hydrogen-bond donors (Lipinski definition) is 2. The van der Waals surface area contributed by atoms with Crippen LogP contribution in [0.1, 0.15) is 33.1 Å². The molecule has 0 saturated carbocycles. The van der Waals surface area contributed by atoms with Crippen LogP contribution in [-0.2, 0) is 4.74 Å². The quantitative estimate of drug-likeness (QED) is 0.627. The fourth-order valence-electron chi connectivity index (χ4n) is 1.44. The van der Waals surface area contributed by atoms with Gasteiger partial charge in [0.1, 0.15) is 18.0 Å². The molecule has 5 nitrogen and oxygen atoms in total. The van der Waals surface area contributed by atoms with Crippen LogP contribution in [-0.4, -0.2) is 36.3 Å². The van der Waals surface area contributed by atoms with Gasteiger partial charge < -0.3 is 15.4 Å². The van der Waals surface area contributed by atoms with E-state index >= 15 is 0 Å². The van der Waals surface area contributed by atoms with E-state index in [2.05, 4.69) is 34.4 Å². The Kier molecular flexibility index (Phi) is 7.88. The number of rotatable bonds is 10. The van der Waals surface area contributed by atoms with E-state index in [1.165, 1.54) is 0 Å². The molecule has 0 aliphatic rings. The summed E-state index contributed by atoms with van der Waals surface area (Å²) in [6.07, 6.45) is 4.73. The fourth-order valence-corrected chi connectivity index (χ4v) is 1.44. The Morgan fingerprint density at radius 1 is 1.00 bits per heavy atom. The van der Waals surface area contributed by atoms with Gasteiger partial charge in [0, 0.05) is 32.4 Å². The monoisotopic (exact) mass is 252 g/mol. The maximum absolute atomic E-state index is 5.41. The second-order valence-corrected chi connectivity index (χ2v) is 4.11. The molecule has 5 heteroatoms. The molecule has 102 valence electrons. The van der Waals surface area contributed by atoms with E-state index in [1.807, 2.05) is 6.07 Å². The second-order valence-electron chi connectivity index (χ2n) is 4.11. The van der Waals surface area contributed by atoms with Crippen molar-refractivity contribution in [2.45, 2.75) is 33.1 Å². The lowest BCUT2D eigenvalue weighted by Gasteiger charge is -2.08. The van der Waals surface area contributed by atoms with Crippen molar-refractivity contribution in [3.05, 3.63) is 12.4 Å². The van der Waals surface area contributed by atoms with Crippen LogP contribution in [0.2, 0.25) is 0 Å². The first-order valence-corrected chi connectivity index (χ1v) is 6.74. The molecule has 0 fully saturated rings. The molecule has 0 amide bonds. The molecule has 0 aliphatic carbocycles. The highest BCUT2D eigenvalue weighted by Crippen LogP contribution is 2.08. The lowest BCUT2D eigenvalue weighted by Crippen LogP contribution is -2.08. The van der Waals surface area contributed by atoms with Gasteiger partial charge in [0.05, 0.1) is 0 Å². The van der Waals surface area contributed by atoms with Gasteiger partial charge in [0.2, 0.25) is 0 Å². The first-order chi connectivity index (χ1) is 8.86. The highest BCUT2D eigenvalue weighted by atomic mass is 16.5. The van der Waals surface area contributed by atoms with Crippen molar-refractivity contribution in [3.63, 3.8) is 0 Å². The number of ether oxygens (including phenoxy) is 1. The Hall–Kier alpha value is -1.36. The third-order valence-corrected chi connectivity index (χ3v) is 2.34. The summed E-state index contributed by atoms with van der Waals surface area (Å²) in [7, 11) is 0. The second kappa shape index (κ2) is 9.65. The molecule has 1 heterocycles. The van der Waals surface area contributed by atoms with Crippen molar-refractivity contribution >= 4 is 11.6 Å². The van der Waals surface area contributed by atoms with Crippen molar-refractivity contribution in [1.29, 1.82) is 0 Å². The summed E-state index contributed by atoms with van der Waals surface area (Å²) in [4.78, 5) is 8.34. The zero-order valence-electron chi connectivity index (χ0n) is 11.4. The van der Waals surface area contributed by atoms with Crippen molar-refractivity contribution in [2.24, 2.45) is 0 Å². The van der Waals surface area contributed by atoms with E-state index in [0.717, 1.165) is 57.2 Å². The van der Waals surface area contributed by atoms with E-state index in [4.69, 9.17) is 4.74 Å². The summed E-state index contributed by atoms with van der Waals surface area (Å²) in [5.74, 6) is 1.73. The average molecular weight is 252 g/mol. The van der Waals surface area contributed by atoms with Gasteiger partial charge in [-0.15, -0.1) is 0 Å². The minimum Gasteiger partial charge on any atom is -0.381 e. The predicted octanol–water partition coefficient (Wildman–Crippen LogP) is 2.53. The van der Waals surface area contributed by atoms with Crippen LogP contribution in [0.5, 0.6) is 0 Å². The predicted molar refractivity (Wildman–Crippen MR) is 75.0 cm³/mol. The normalized spacial score (nSPS) is 10.3. The number of nitrogens with zero attached hydrogens (tertiary/aromatic N) is 2. The first kappa shape index (κ1) is 14.7. The molecular weight excluding hydrogens is 228 g/mol.